The molecular formula is C19H20Cl2N2O6. The first-order chi connectivity index (χ1) is 13.8. The van der Waals surface area contributed by atoms with E-state index in [4.69, 9.17) is 32.4 Å². The van der Waals surface area contributed by atoms with Crippen LogP contribution in [0.1, 0.15) is 37.0 Å². The van der Waals surface area contributed by atoms with Crippen molar-refractivity contribution in [3.63, 3.8) is 0 Å². The van der Waals surface area contributed by atoms with Crippen LogP contribution in [0.3, 0.4) is 0 Å². The van der Waals surface area contributed by atoms with E-state index in [2.05, 4.69) is 10.6 Å². The maximum absolute atomic E-state index is 12.6. The van der Waals surface area contributed by atoms with E-state index in [1.54, 1.807) is 13.8 Å². The summed E-state index contributed by atoms with van der Waals surface area (Å²) in [6, 6.07) is 3.07. The highest BCUT2D eigenvalue weighted by Gasteiger charge is 2.25. The van der Waals surface area contributed by atoms with Crippen molar-refractivity contribution >= 4 is 52.0 Å². The first-order valence-corrected chi connectivity index (χ1v) is 9.69. The SMILES string of the molecule is CCNC(=O)CC[C@H](NC(=O)c1cc2cc(Cl)cc(Cl)c2oc1=O)C(=O)OCC. The van der Waals surface area contributed by atoms with Gasteiger partial charge in [-0.1, -0.05) is 23.2 Å². The summed E-state index contributed by atoms with van der Waals surface area (Å²) in [5, 5.41) is 5.81. The van der Waals surface area contributed by atoms with Crippen LogP contribution in [0.4, 0.5) is 0 Å². The molecule has 0 fully saturated rings. The second kappa shape index (κ2) is 10.3. The molecule has 2 rings (SSSR count). The molecule has 0 spiro atoms. The number of nitrogens with one attached hydrogen (secondary N) is 2. The zero-order valence-corrected chi connectivity index (χ0v) is 17.4. The third-order valence-electron chi connectivity index (χ3n) is 3.91. The van der Waals surface area contributed by atoms with Crippen LogP contribution < -0.4 is 16.3 Å². The Balaban J connectivity index is 2.27. The third kappa shape index (κ3) is 5.95. The summed E-state index contributed by atoms with van der Waals surface area (Å²) >= 11 is 12.0. The Morgan fingerprint density at radius 1 is 1.17 bits per heavy atom. The van der Waals surface area contributed by atoms with Crippen LogP contribution in [0.25, 0.3) is 11.0 Å². The molecular weight excluding hydrogens is 423 g/mol. The van der Waals surface area contributed by atoms with Crippen LogP contribution in [0.15, 0.2) is 27.4 Å². The smallest absolute Gasteiger partial charge is 0.349 e. The molecule has 0 aliphatic rings. The highest BCUT2D eigenvalue weighted by atomic mass is 35.5. The van der Waals surface area contributed by atoms with Crippen molar-refractivity contribution in [2.24, 2.45) is 0 Å². The Kier molecular flexibility index (Phi) is 8.04. The number of rotatable bonds is 8. The van der Waals surface area contributed by atoms with Gasteiger partial charge in [0.2, 0.25) is 5.91 Å². The van der Waals surface area contributed by atoms with E-state index in [0.29, 0.717) is 17.0 Å². The summed E-state index contributed by atoms with van der Waals surface area (Å²) in [6.45, 7) is 3.92. The summed E-state index contributed by atoms with van der Waals surface area (Å²) in [5.74, 6) is -1.82. The number of esters is 1. The molecule has 2 amide bonds. The van der Waals surface area contributed by atoms with Gasteiger partial charge in [-0.2, -0.15) is 0 Å². The minimum Gasteiger partial charge on any atom is -0.464 e. The molecule has 29 heavy (non-hydrogen) atoms. The third-order valence-corrected chi connectivity index (χ3v) is 4.41. The molecule has 1 aromatic carbocycles. The fraction of sp³-hybridized carbons (Fsp3) is 0.368. The van der Waals surface area contributed by atoms with Crippen LogP contribution in [-0.4, -0.2) is 37.0 Å². The molecule has 8 nitrogen and oxygen atoms in total. The molecule has 0 saturated heterocycles. The molecule has 1 atom stereocenters. The average Bonchev–Trinajstić information content (AvgIpc) is 2.65. The number of benzene rings is 1. The molecule has 1 heterocycles. The molecule has 2 aromatic rings. The second-order valence-electron chi connectivity index (χ2n) is 6.02. The summed E-state index contributed by atoms with van der Waals surface area (Å²) < 4.78 is 10.1. The van der Waals surface area contributed by atoms with Gasteiger partial charge in [0, 0.05) is 23.4 Å². The molecule has 1 aromatic heterocycles. The Morgan fingerprint density at radius 2 is 1.90 bits per heavy atom. The summed E-state index contributed by atoms with van der Waals surface area (Å²) in [7, 11) is 0. The van der Waals surface area contributed by atoms with Crippen molar-refractivity contribution in [3.05, 3.63) is 44.2 Å². The molecule has 0 bridgehead atoms. The van der Waals surface area contributed by atoms with Crippen molar-refractivity contribution in [1.29, 1.82) is 0 Å². The van der Waals surface area contributed by atoms with E-state index in [0.717, 1.165) is 0 Å². The number of hydrogen-bond donors (Lipinski definition) is 2. The molecule has 0 aliphatic carbocycles. The lowest BCUT2D eigenvalue weighted by molar-refractivity contribution is -0.145. The minimum atomic E-state index is -1.11. The number of carbonyl (C=O) groups is 3. The fourth-order valence-corrected chi connectivity index (χ4v) is 3.15. The first-order valence-electron chi connectivity index (χ1n) is 8.93. The molecule has 0 saturated carbocycles. The Labute approximate surface area is 176 Å². The number of ether oxygens (including phenoxy) is 1. The van der Waals surface area contributed by atoms with E-state index in [1.807, 2.05) is 0 Å². The van der Waals surface area contributed by atoms with E-state index < -0.39 is 23.5 Å². The van der Waals surface area contributed by atoms with Crippen molar-refractivity contribution in [1.82, 2.24) is 10.6 Å². The average molecular weight is 443 g/mol. The fourth-order valence-electron chi connectivity index (χ4n) is 2.60. The molecule has 156 valence electrons. The number of carbonyl (C=O) groups excluding carboxylic acids is 3. The predicted molar refractivity (Wildman–Crippen MR) is 108 cm³/mol. The van der Waals surface area contributed by atoms with Gasteiger partial charge in [0.25, 0.3) is 5.91 Å². The van der Waals surface area contributed by atoms with E-state index in [-0.39, 0.29) is 41.5 Å². The predicted octanol–water partition coefficient (Wildman–Crippen LogP) is 2.68. The van der Waals surface area contributed by atoms with Crippen LogP contribution in [0.5, 0.6) is 0 Å². The maximum Gasteiger partial charge on any atom is 0.349 e. The zero-order chi connectivity index (χ0) is 21.6. The lowest BCUT2D eigenvalue weighted by atomic mass is 10.1. The van der Waals surface area contributed by atoms with Crippen molar-refractivity contribution in [2.45, 2.75) is 32.7 Å². The zero-order valence-electron chi connectivity index (χ0n) is 15.8. The molecule has 0 radical (unpaired) electrons. The van der Waals surface area contributed by atoms with Gasteiger partial charge in [0.15, 0.2) is 5.58 Å². The van der Waals surface area contributed by atoms with Gasteiger partial charge >= 0.3 is 11.6 Å². The lowest BCUT2D eigenvalue weighted by Gasteiger charge is -2.17. The maximum atomic E-state index is 12.6. The minimum absolute atomic E-state index is 0.00482. The van der Waals surface area contributed by atoms with Crippen LogP contribution in [0, 0.1) is 0 Å². The van der Waals surface area contributed by atoms with Crippen LogP contribution >= 0.6 is 23.2 Å². The Bertz CT molecular complexity index is 989. The number of hydrogen-bond acceptors (Lipinski definition) is 6. The van der Waals surface area contributed by atoms with Gasteiger partial charge in [-0.25, -0.2) is 9.59 Å². The number of halogens is 2. The summed E-state index contributed by atoms with van der Waals surface area (Å²) in [4.78, 5) is 48.7. The van der Waals surface area contributed by atoms with E-state index in [1.165, 1.54) is 18.2 Å². The first kappa shape index (κ1) is 22.7. The summed E-state index contributed by atoms with van der Waals surface area (Å²) in [5.41, 5.74) is -1.16. The lowest BCUT2D eigenvalue weighted by Crippen LogP contribution is -2.43. The van der Waals surface area contributed by atoms with Crippen molar-refractivity contribution in [3.8, 4) is 0 Å². The largest absolute Gasteiger partial charge is 0.464 e. The quantitative estimate of drug-likeness (QED) is 0.479. The highest BCUT2D eigenvalue weighted by Crippen LogP contribution is 2.27. The molecule has 10 heteroatoms. The number of fused-ring (bicyclic) bond motifs is 1. The van der Waals surface area contributed by atoms with Crippen molar-refractivity contribution in [2.75, 3.05) is 13.2 Å². The molecule has 0 aliphatic heterocycles. The number of amides is 2. The Hall–Kier alpha value is -2.58. The van der Waals surface area contributed by atoms with Gasteiger partial charge in [-0.05, 0) is 38.5 Å². The topological polar surface area (TPSA) is 115 Å². The summed E-state index contributed by atoms with van der Waals surface area (Å²) in [6.07, 6.45) is 0.00211. The van der Waals surface area contributed by atoms with Gasteiger partial charge in [0.1, 0.15) is 11.6 Å². The molecule has 2 N–H and O–H groups in total. The van der Waals surface area contributed by atoms with E-state index in [9.17, 15) is 19.2 Å². The normalized spacial score (nSPS) is 11.7. The Morgan fingerprint density at radius 3 is 2.55 bits per heavy atom. The van der Waals surface area contributed by atoms with E-state index >= 15 is 0 Å². The van der Waals surface area contributed by atoms with Gasteiger partial charge < -0.3 is 19.8 Å². The van der Waals surface area contributed by atoms with Gasteiger partial charge in [-0.3, -0.25) is 9.59 Å². The monoisotopic (exact) mass is 442 g/mol. The highest BCUT2D eigenvalue weighted by molar-refractivity contribution is 6.38. The van der Waals surface area contributed by atoms with Crippen molar-refractivity contribution < 1.29 is 23.5 Å². The van der Waals surface area contributed by atoms with Crippen LogP contribution in [0.2, 0.25) is 10.0 Å². The van der Waals surface area contributed by atoms with Crippen LogP contribution in [-0.2, 0) is 14.3 Å². The van der Waals surface area contributed by atoms with Gasteiger partial charge in [-0.15, -0.1) is 0 Å². The second-order valence-corrected chi connectivity index (χ2v) is 6.87. The standard InChI is InChI=1S/C19H20Cl2N2O6/c1-3-22-15(24)6-5-14(19(27)28-4-2)23-17(25)12-8-10-7-11(20)9-13(21)16(10)29-18(12)26/h7-9,14H,3-6H2,1-2H3,(H,22,24)(H,23,25)/t14-/m0/s1. The van der Waals surface area contributed by atoms with Gasteiger partial charge in [0.05, 0.1) is 11.6 Å². The molecule has 0 unspecified atom stereocenters.